The van der Waals surface area contributed by atoms with Crippen LogP contribution in [0.25, 0.3) is 0 Å². The highest BCUT2D eigenvalue weighted by Gasteiger charge is 2.33. The van der Waals surface area contributed by atoms with Crippen molar-refractivity contribution in [3.05, 3.63) is 0 Å². The minimum Gasteiger partial charge on any atom is -0.444 e. The van der Waals surface area contributed by atoms with Crippen LogP contribution in [0.1, 0.15) is 46.5 Å². The van der Waals surface area contributed by atoms with Gasteiger partial charge in [0.25, 0.3) is 0 Å². The maximum absolute atomic E-state index is 11.8. The van der Waals surface area contributed by atoms with Gasteiger partial charge in [-0.2, -0.15) is 0 Å². The van der Waals surface area contributed by atoms with E-state index in [9.17, 15) is 4.79 Å². The number of carbonyl (C=O) groups is 1. The molecule has 1 amide bonds. The molecule has 3 aliphatic rings. The molecule has 3 fully saturated rings. The molecule has 4 heteroatoms. The Bertz CT molecular complexity index is 278. The average Bonchev–Trinajstić information content (AvgIpc) is 2.49. The van der Waals surface area contributed by atoms with Crippen LogP contribution in [-0.4, -0.2) is 30.3 Å². The van der Waals surface area contributed by atoms with E-state index in [0.29, 0.717) is 12.0 Å². The molecule has 2 bridgehead atoms. The molecule has 0 aromatic carbocycles. The fourth-order valence-corrected chi connectivity index (χ4v) is 2.79. The lowest BCUT2D eigenvalue weighted by Crippen LogP contribution is -2.46. The maximum atomic E-state index is 11.8. The molecule has 3 atom stereocenters. The zero-order chi connectivity index (χ0) is 12.5. The molecule has 0 aromatic rings. The highest BCUT2D eigenvalue weighted by molar-refractivity contribution is 5.68. The number of nitrogens with one attached hydrogen (secondary N) is 2. The van der Waals surface area contributed by atoms with Crippen LogP contribution >= 0.6 is 0 Å². The Morgan fingerprint density at radius 2 is 1.94 bits per heavy atom. The van der Waals surface area contributed by atoms with Gasteiger partial charge in [0.1, 0.15) is 5.60 Å². The summed E-state index contributed by atoms with van der Waals surface area (Å²) >= 11 is 0. The predicted molar refractivity (Wildman–Crippen MR) is 66.9 cm³/mol. The second-order valence-electron chi connectivity index (χ2n) is 6.27. The third kappa shape index (κ3) is 3.60. The van der Waals surface area contributed by atoms with E-state index in [1.165, 1.54) is 12.8 Å². The van der Waals surface area contributed by atoms with E-state index in [0.717, 1.165) is 19.4 Å². The summed E-state index contributed by atoms with van der Waals surface area (Å²) in [4.78, 5) is 11.8. The van der Waals surface area contributed by atoms with E-state index in [4.69, 9.17) is 4.74 Å². The topological polar surface area (TPSA) is 50.4 Å². The molecule has 1 aliphatic carbocycles. The van der Waals surface area contributed by atoms with Gasteiger partial charge in [0.2, 0.25) is 0 Å². The van der Waals surface area contributed by atoms with Crippen molar-refractivity contribution in [2.45, 2.75) is 64.1 Å². The van der Waals surface area contributed by atoms with Crippen molar-refractivity contribution in [3.8, 4) is 0 Å². The average molecular weight is 240 g/mol. The molecule has 0 radical (unpaired) electrons. The molecule has 98 valence electrons. The number of hydrogen-bond acceptors (Lipinski definition) is 3. The molecule has 0 aromatic heterocycles. The van der Waals surface area contributed by atoms with Crippen molar-refractivity contribution in [3.63, 3.8) is 0 Å². The lowest BCUT2D eigenvalue weighted by molar-refractivity contribution is 0.0483. The van der Waals surface area contributed by atoms with Crippen LogP contribution in [-0.2, 0) is 4.74 Å². The zero-order valence-electron chi connectivity index (χ0n) is 11.1. The molecule has 2 aliphatic heterocycles. The van der Waals surface area contributed by atoms with E-state index in [1.54, 1.807) is 0 Å². The summed E-state index contributed by atoms with van der Waals surface area (Å²) in [5, 5.41) is 6.58. The van der Waals surface area contributed by atoms with Crippen LogP contribution in [0.2, 0.25) is 0 Å². The summed E-state index contributed by atoms with van der Waals surface area (Å²) in [7, 11) is 0. The third-order valence-corrected chi connectivity index (χ3v) is 3.65. The van der Waals surface area contributed by atoms with Crippen molar-refractivity contribution >= 4 is 6.09 Å². The molecule has 17 heavy (non-hydrogen) atoms. The Morgan fingerprint density at radius 1 is 1.24 bits per heavy atom. The molecule has 2 saturated heterocycles. The number of ether oxygens (including phenoxy) is 1. The number of carbonyl (C=O) groups excluding carboxylic acids is 1. The van der Waals surface area contributed by atoms with Gasteiger partial charge in [0, 0.05) is 18.6 Å². The Hall–Kier alpha value is -0.770. The van der Waals surface area contributed by atoms with Crippen molar-refractivity contribution in [2.24, 2.45) is 5.92 Å². The molecule has 1 unspecified atom stereocenters. The highest BCUT2D eigenvalue weighted by atomic mass is 16.6. The third-order valence-electron chi connectivity index (χ3n) is 3.65. The standard InChI is InChI=1S/C13H24N2O2/c1-13(2,3)17-12(16)15-11-7-6-10-5-4-9(11)8-14-10/h9-11,14H,4-8H2,1-3H3,(H,15,16)/t9-,10?,11-/m1/s1. The molecule has 2 N–H and O–H groups in total. The summed E-state index contributed by atoms with van der Waals surface area (Å²) in [6.45, 7) is 6.72. The summed E-state index contributed by atoms with van der Waals surface area (Å²) in [5.41, 5.74) is -0.411. The second kappa shape index (κ2) is 4.84. The maximum Gasteiger partial charge on any atom is 0.407 e. The summed E-state index contributed by atoms with van der Waals surface area (Å²) in [6, 6.07) is 0.946. The summed E-state index contributed by atoms with van der Waals surface area (Å²) in [6.07, 6.45) is 4.43. The van der Waals surface area contributed by atoms with Gasteiger partial charge in [-0.3, -0.25) is 0 Å². The van der Waals surface area contributed by atoms with Crippen LogP contribution in [0.5, 0.6) is 0 Å². The van der Waals surface area contributed by atoms with Crippen LogP contribution in [0, 0.1) is 5.92 Å². The van der Waals surface area contributed by atoms with Crippen LogP contribution in [0.4, 0.5) is 4.79 Å². The smallest absolute Gasteiger partial charge is 0.407 e. The van der Waals surface area contributed by atoms with E-state index in [1.807, 2.05) is 20.8 Å². The van der Waals surface area contributed by atoms with Crippen molar-refractivity contribution in [1.82, 2.24) is 10.6 Å². The van der Waals surface area contributed by atoms with Crippen molar-refractivity contribution < 1.29 is 9.53 Å². The first kappa shape index (κ1) is 12.7. The van der Waals surface area contributed by atoms with Gasteiger partial charge in [-0.25, -0.2) is 4.79 Å². The Morgan fingerprint density at radius 3 is 2.53 bits per heavy atom. The van der Waals surface area contributed by atoms with E-state index < -0.39 is 5.60 Å². The van der Waals surface area contributed by atoms with Gasteiger partial charge in [0.15, 0.2) is 0 Å². The van der Waals surface area contributed by atoms with E-state index >= 15 is 0 Å². The SMILES string of the molecule is CC(C)(C)OC(=O)N[C@@H]1CCC2CC[C@@H]1CN2. The number of piperidine rings is 1. The van der Waals surface area contributed by atoms with E-state index in [-0.39, 0.29) is 12.1 Å². The zero-order valence-corrected chi connectivity index (χ0v) is 11.1. The van der Waals surface area contributed by atoms with Gasteiger partial charge in [-0.05, 0) is 52.4 Å². The molecule has 2 heterocycles. The first-order valence-corrected chi connectivity index (χ1v) is 6.67. The molecule has 4 nitrogen and oxygen atoms in total. The molecular formula is C13H24N2O2. The van der Waals surface area contributed by atoms with E-state index in [2.05, 4.69) is 10.6 Å². The molecule has 0 spiro atoms. The Balaban J connectivity index is 1.87. The summed E-state index contributed by atoms with van der Waals surface area (Å²) in [5.74, 6) is 0.571. The first-order chi connectivity index (χ1) is 7.94. The van der Waals surface area contributed by atoms with Crippen molar-refractivity contribution in [1.29, 1.82) is 0 Å². The number of alkyl carbamates (subject to hydrolysis) is 1. The van der Waals surface area contributed by atoms with Gasteiger partial charge >= 0.3 is 6.09 Å². The van der Waals surface area contributed by atoms with Crippen LogP contribution in [0.15, 0.2) is 0 Å². The monoisotopic (exact) mass is 240 g/mol. The van der Waals surface area contributed by atoms with Crippen molar-refractivity contribution in [2.75, 3.05) is 6.54 Å². The fourth-order valence-electron chi connectivity index (χ4n) is 2.79. The Kier molecular flexibility index (Phi) is 3.61. The molecule has 1 saturated carbocycles. The number of hydrogen-bond donors (Lipinski definition) is 2. The van der Waals surface area contributed by atoms with Gasteiger partial charge in [-0.1, -0.05) is 0 Å². The second-order valence-corrected chi connectivity index (χ2v) is 6.27. The lowest BCUT2D eigenvalue weighted by atomic mass is 9.93. The number of amides is 1. The first-order valence-electron chi connectivity index (χ1n) is 6.67. The number of fused-ring (bicyclic) bond motifs is 4. The molecule has 3 rings (SSSR count). The normalized spacial score (nSPS) is 33.0. The minimum atomic E-state index is -0.411. The van der Waals surface area contributed by atoms with Gasteiger partial charge < -0.3 is 15.4 Å². The predicted octanol–water partition coefficient (Wildman–Crippen LogP) is 2.04. The minimum absolute atomic E-state index is 0.271. The van der Waals surface area contributed by atoms with Gasteiger partial charge in [-0.15, -0.1) is 0 Å². The van der Waals surface area contributed by atoms with Crippen LogP contribution < -0.4 is 10.6 Å². The number of rotatable bonds is 1. The van der Waals surface area contributed by atoms with Gasteiger partial charge in [0.05, 0.1) is 0 Å². The van der Waals surface area contributed by atoms with Crippen LogP contribution in [0.3, 0.4) is 0 Å². The highest BCUT2D eigenvalue weighted by Crippen LogP contribution is 2.28. The molecular weight excluding hydrogens is 216 g/mol. The fraction of sp³-hybridized carbons (Fsp3) is 0.923. The lowest BCUT2D eigenvalue weighted by Gasteiger charge is -2.29. The largest absolute Gasteiger partial charge is 0.444 e. The Labute approximate surface area is 103 Å². The quantitative estimate of drug-likeness (QED) is 0.737. The summed E-state index contributed by atoms with van der Waals surface area (Å²) < 4.78 is 5.32.